The molecule has 1 amide bonds. The number of hydrogen-bond donors (Lipinski definition) is 1. The molecule has 0 fully saturated rings. The monoisotopic (exact) mass is 312 g/mol. The van der Waals surface area contributed by atoms with Gasteiger partial charge in [0.15, 0.2) is 0 Å². The third-order valence-electron chi connectivity index (χ3n) is 3.51. The Hall–Kier alpha value is -1.24. The quantitative estimate of drug-likeness (QED) is 0.784. The topological polar surface area (TPSA) is 58.6 Å². The van der Waals surface area contributed by atoms with Crippen LogP contribution in [0.3, 0.4) is 0 Å². The maximum atomic E-state index is 12.3. The van der Waals surface area contributed by atoms with Crippen LogP contribution in [0, 0.1) is 12.8 Å². The second kappa shape index (κ2) is 8.26. The molecule has 3 atom stereocenters. The zero-order chi connectivity index (χ0) is 16.0. The molecule has 21 heavy (non-hydrogen) atoms. The van der Waals surface area contributed by atoms with E-state index in [9.17, 15) is 9.00 Å². The van der Waals surface area contributed by atoms with Crippen LogP contribution < -0.4 is 4.72 Å². The van der Waals surface area contributed by atoms with Crippen molar-refractivity contribution in [2.24, 2.45) is 5.92 Å². The van der Waals surface area contributed by atoms with E-state index in [-0.39, 0.29) is 17.9 Å². The number of hydrogen-bond acceptors (Lipinski definition) is 3. The van der Waals surface area contributed by atoms with Gasteiger partial charge in [-0.15, -0.1) is 0 Å². The van der Waals surface area contributed by atoms with E-state index in [0.717, 1.165) is 5.56 Å². The molecule has 6 heteroatoms. The summed E-state index contributed by atoms with van der Waals surface area (Å²) in [6.07, 6.45) is 0.696. The Morgan fingerprint density at radius 2 is 1.95 bits per heavy atom. The van der Waals surface area contributed by atoms with Crippen LogP contribution in [0.1, 0.15) is 25.8 Å². The Morgan fingerprint density at radius 1 is 1.38 bits per heavy atom. The molecular formula is C15H24N2O3S. The molecule has 0 aromatic heterocycles. The minimum Gasteiger partial charge on any atom is -0.275 e. The molecule has 0 spiro atoms. The Morgan fingerprint density at radius 3 is 2.43 bits per heavy atom. The maximum Gasteiger partial charge on any atom is 0.250 e. The number of rotatable bonds is 7. The highest BCUT2D eigenvalue weighted by molar-refractivity contribution is 7.83. The molecular weight excluding hydrogens is 288 g/mol. The fraction of sp³-hybridized carbons (Fsp3) is 0.533. The second-order valence-electron chi connectivity index (χ2n) is 5.02. The van der Waals surface area contributed by atoms with Gasteiger partial charge in [-0.05, 0) is 25.5 Å². The molecule has 1 aromatic carbocycles. The van der Waals surface area contributed by atoms with Gasteiger partial charge in [0, 0.05) is 13.1 Å². The average Bonchev–Trinajstić information content (AvgIpc) is 2.50. The third-order valence-corrected chi connectivity index (χ3v) is 4.73. The number of aryl methyl sites for hydroxylation is 1. The van der Waals surface area contributed by atoms with Gasteiger partial charge in [-0.25, -0.2) is 14.0 Å². The number of carbonyl (C=O) groups excluding carboxylic acids is 1. The van der Waals surface area contributed by atoms with Crippen LogP contribution in [0.4, 0.5) is 0 Å². The molecule has 0 aliphatic heterocycles. The third kappa shape index (κ3) is 4.91. The molecule has 1 rings (SSSR count). The minimum absolute atomic E-state index is 0.141. The SMILES string of the molecule is CC[C@H](NS(=O)c1ccc(C)cc1)[C@@H](C)C(=O)N(C)OC. The molecule has 0 bridgehead atoms. The van der Waals surface area contributed by atoms with E-state index in [0.29, 0.717) is 11.3 Å². The van der Waals surface area contributed by atoms with Gasteiger partial charge in [-0.1, -0.05) is 31.5 Å². The lowest BCUT2D eigenvalue weighted by Crippen LogP contribution is -2.44. The average molecular weight is 312 g/mol. The molecule has 1 unspecified atom stereocenters. The van der Waals surface area contributed by atoms with E-state index < -0.39 is 11.0 Å². The van der Waals surface area contributed by atoms with Crippen LogP contribution >= 0.6 is 0 Å². The summed E-state index contributed by atoms with van der Waals surface area (Å²) in [7, 11) is 1.68. The lowest BCUT2D eigenvalue weighted by molar-refractivity contribution is -0.173. The normalized spacial score (nSPS) is 15.3. The van der Waals surface area contributed by atoms with Gasteiger partial charge in [0.25, 0.3) is 0 Å². The van der Waals surface area contributed by atoms with Gasteiger partial charge in [-0.3, -0.25) is 9.63 Å². The van der Waals surface area contributed by atoms with Gasteiger partial charge in [0.05, 0.1) is 17.9 Å². The maximum absolute atomic E-state index is 12.3. The number of carbonyl (C=O) groups is 1. The first-order valence-electron chi connectivity index (χ1n) is 6.97. The molecule has 1 N–H and O–H groups in total. The smallest absolute Gasteiger partial charge is 0.250 e. The van der Waals surface area contributed by atoms with Crippen LogP contribution in [-0.4, -0.2) is 35.4 Å². The highest BCUT2D eigenvalue weighted by atomic mass is 32.2. The first kappa shape index (κ1) is 17.8. The van der Waals surface area contributed by atoms with Crippen LogP contribution in [0.5, 0.6) is 0 Å². The van der Waals surface area contributed by atoms with Gasteiger partial charge in [-0.2, -0.15) is 0 Å². The number of nitrogens with one attached hydrogen (secondary N) is 1. The predicted molar refractivity (Wildman–Crippen MR) is 83.7 cm³/mol. The van der Waals surface area contributed by atoms with Crippen LogP contribution in [0.2, 0.25) is 0 Å². The molecule has 0 aliphatic rings. The molecule has 0 saturated carbocycles. The summed E-state index contributed by atoms with van der Waals surface area (Å²) in [5, 5.41) is 1.20. The van der Waals surface area contributed by atoms with Crippen LogP contribution in [0.25, 0.3) is 0 Å². The number of nitrogens with zero attached hydrogens (tertiary/aromatic N) is 1. The number of hydroxylamine groups is 2. The van der Waals surface area contributed by atoms with Gasteiger partial charge < -0.3 is 0 Å². The zero-order valence-corrected chi connectivity index (χ0v) is 14.1. The van der Waals surface area contributed by atoms with E-state index in [4.69, 9.17) is 4.84 Å². The summed E-state index contributed by atoms with van der Waals surface area (Å²) in [5.41, 5.74) is 1.12. The lowest BCUT2D eigenvalue weighted by atomic mass is 10.00. The minimum atomic E-state index is -1.34. The molecule has 0 aliphatic carbocycles. The summed E-state index contributed by atoms with van der Waals surface area (Å²) in [4.78, 5) is 17.7. The fourth-order valence-electron chi connectivity index (χ4n) is 1.96. The first-order valence-corrected chi connectivity index (χ1v) is 8.12. The lowest BCUT2D eigenvalue weighted by Gasteiger charge is -2.25. The van der Waals surface area contributed by atoms with Crippen molar-refractivity contribution in [1.82, 2.24) is 9.79 Å². The van der Waals surface area contributed by atoms with Crippen LogP contribution in [0.15, 0.2) is 29.2 Å². The largest absolute Gasteiger partial charge is 0.275 e. The highest BCUT2D eigenvalue weighted by Crippen LogP contribution is 2.14. The van der Waals surface area contributed by atoms with E-state index in [1.165, 1.54) is 12.2 Å². The van der Waals surface area contributed by atoms with Crippen molar-refractivity contribution in [3.8, 4) is 0 Å². The Labute approximate surface area is 129 Å². The molecule has 5 nitrogen and oxygen atoms in total. The summed E-state index contributed by atoms with van der Waals surface area (Å²) in [5.74, 6) is -0.466. The molecule has 0 radical (unpaired) electrons. The highest BCUT2D eigenvalue weighted by Gasteiger charge is 2.27. The van der Waals surface area contributed by atoms with Gasteiger partial charge in [0.1, 0.15) is 11.0 Å². The molecule has 0 saturated heterocycles. The summed E-state index contributed by atoms with van der Waals surface area (Å²) >= 11 is 0. The predicted octanol–water partition coefficient (Wildman–Crippen LogP) is 2.04. The van der Waals surface area contributed by atoms with E-state index in [1.807, 2.05) is 45.0 Å². The second-order valence-corrected chi connectivity index (χ2v) is 6.27. The Balaban J connectivity index is 2.75. The van der Waals surface area contributed by atoms with Crippen molar-refractivity contribution in [2.45, 2.75) is 38.1 Å². The summed E-state index contributed by atoms with van der Waals surface area (Å²) < 4.78 is 15.4. The van der Waals surface area contributed by atoms with Gasteiger partial charge >= 0.3 is 0 Å². The molecule has 0 heterocycles. The van der Waals surface area contributed by atoms with Crippen molar-refractivity contribution in [3.63, 3.8) is 0 Å². The van der Waals surface area contributed by atoms with Crippen molar-refractivity contribution in [3.05, 3.63) is 29.8 Å². The van der Waals surface area contributed by atoms with E-state index >= 15 is 0 Å². The number of benzene rings is 1. The first-order chi connectivity index (χ1) is 9.90. The van der Waals surface area contributed by atoms with Crippen molar-refractivity contribution < 1.29 is 13.8 Å². The number of amides is 1. The molecule has 118 valence electrons. The van der Waals surface area contributed by atoms with Crippen LogP contribution in [-0.2, 0) is 20.6 Å². The zero-order valence-electron chi connectivity index (χ0n) is 13.3. The summed E-state index contributed by atoms with van der Waals surface area (Å²) in [6.45, 7) is 5.75. The summed E-state index contributed by atoms with van der Waals surface area (Å²) in [6, 6.07) is 7.32. The van der Waals surface area contributed by atoms with Gasteiger partial charge in [0.2, 0.25) is 5.91 Å². The Kier molecular flexibility index (Phi) is 7.01. The standard InChI is InChI=1S/C15H24N2O3S/c1-6-14(12(3)15(18)17(4)20-5)16-21(19)13-9-7-11(2)8-10-13/h7-10,12,14,16H,6H2,1-5H3/t12-,14+,21?/m1/s1. The van der Waals surface area contributed by atoms with Crippen molar-refractivity contribution >= 4 is 16.9 Å². The van der Waals surface area contributed by atoms with E-state index in [1.54, 1.807) is 7.05 Å². The Bertz CT molecular complexity index is 490. The fourth-order valence-corrected chi connectivity index (χ4v) is 3.12. The van der Waals surface area contributed by atoms with Crippen molar-refractivity contribution in [2.75, 3.05) is 14.2 Å². The molecule has 1 aromatic rings. The van der Waals surface area contributed by atoms with Crippen molar-refractivity contribution in [1.29, 1.82) is 0 Å². The van der Waals surface area contributed by atoms with E-state index in [2.05, 4.69) is 4.72 Å².